The van der Waals surface area contributed by atoms with E-state index in [-0.39, 0.29) is 46.1 Å². The van der Waals surface area contributed by atoms with Crippen molar-refractivity contribution in [1.82, 2.24) is 5.32 Å². The highest BCUT2D eigenvalue weighted by molar-refractivity contribution is 6.31. The quantitative estimate of drug-likeness (QED) is 0.256. The Kier molecular flexibility index (Phi) is 7.21. The molecule has 2 aromatic carbocycles. The first-order valence-electron chi connectivity index (χ1n) is 12.7. The maximum Gasteiger partial charge on any atom is 0.194 e. The number of ketones is 3. The van der Waals surface area contributed by atoms with Gasteiger partial charge in [-0.2, -0.15) is 0 Å². The number of phenolic OH excluding ortho intramolecular Hbond substituents is 2. The number of hydrogen-bond donors (Lipinski definition) is 3. The molecule has 0 aromatic heterocycles. The van der Waals surface area contributed by atoms with Crippen LogP contribution in [-0.4, -0.2) is 41.3 Å². The first-order chi connectivity index (χ1) is 18.3. The van der Waals surface area contributed by atoms with Gasteiger partial charge in [-0.05, 0) is 39.7 Å². The summed E-state index contributed by atoms with van der Waals surface area (Å²) in [5, 5.41) is 24.7. The van der Waals surface area contributed by atoms with Crippen LogP contribution in [0.3, 0.4) is 0 Å². The van der Waals surface area contributed by atoms with E-state index in [4.69, 9.17) is 14.2 Å². The number of rotatable bonds is 8. The number of allylic oxidation sites excluding steroid dienone is 4. The third kappa shape index (κ3) is 4.41. The average Bonchev–Trinajstić information content (AvgIpc) is 3.17. The number of fused-ring (bicyclic) bond motifs is 3. The zero-order chi connectivity index (χ0) is 28.8. The molecule has 1 aliphatic carbocycles. The summed E-state index contributed by atoms with van der Waals surface area (Å²) in [7, 11) is 1.56. The van der Waals surface area contributed by atoms with Crippen molar-refractivity contribution in [3.8, 4) is 28.7 Å². The summed E-state index contributed by atoms with van der Waals surface area (Å²) in [5.41, 5.74) is -0.622. The normalized spacial score (nSPS) is 19.2. The molecule has 9 nitrogen and oxygen atoms in total. The fraction of sp³-hybridized carbons (Fsp3) is 0.367. The van der Waals surface area contributed by atoms with E-state index < -0.39 is 28.5 Å². The fourth-order valence-corrected chi connectivity index (χ4v) is 4.95. The minimum Gasteiger partial charge on any atom is -0.507 e. The Morgan fingerprint density at radius 3 is 2.46 bits per heavy atom. The van der Waals surface area contributed by atoms with E-state index in [0.717, 1.165) is 5.56 Å². The minimum atomic E-state index is -1.57. The number of phenols is 2. The van der Waals surface area contributed by atoms with Crippen molar-refractivity contribution in [3.05, 3.63) is 63.6 Å². The number of aromatic hydroxyl groups is 2. The number of hydrogen-bond acceptors (Lipinski definition) is 9. The molecule has 0 saturated carbocycles. The van der Waals surface area contributed by atoms with Gasteiger partial charge in [0.15, 0.2) is 28.8 Å². The van der Waals surface area contributed by atoms with Crippen LogP contribution in [0.2, 0.25) is 0 Å². The lowest BCUT2D eigenvalue weighted by atomic mass is 9.70. The van der Waals surface area contributed by atoms with E-state index in [1.807, 2.05) is 26.0 Å². The fourth-order valence-electron chi connectivity index (χ4n) is 4.95. The largest absolute Gasteiger partial charge is 0.507 e. The Morgan fingerprint density at radius 2 is 1.85 bits per heavy atom. The van der Waals surface area contributed by atoms with Gasteiger partial charge in [0.05, 0.1) is 24.9 Å². The highest BCUT2D eigenvalue weighted by Gasteiger charge is 2.56. The summed E-state index contributed by atoms with van der Waals surface area (Å²) in [4.78, 5) is 39.5. The van der Waals surface area contributed by atoms with Gasteiger partial charge < -0.3 is 29.7 Å². The lowest BCUT2D eigenvalue weighted by molar-refractivity contribution is -0.123. The third-order valence-electron chi connectivity index (χ3n) is 7.15. The molecule has 39 heavy (non-hydrogen) atoms. The minimum absolute atomic E-state index is 0.0102. The van der Waals surface area contributed by atoms with Crippen molar-refractivity contribution >= 4 is 17.3 Å². The molecule has 0 radical (unpaired) electrons. The molecule has 2 aromatic rings. The number of para-hydroxylation sites is 1. The molecule has 4 rings (SSSR count). The lowest BCUT2D eigenvalue weighted by Crippen LogP contribution is -2.41. The van der Waals surface area contributed by atoms with E-state index in [2.05, 4.69) is 5.32 Å². The van der Waals surface area contributed by atoms with Gasteiger partial charge in [-0.3, -0.25) is 14.4 Å². The number of ether oxygens (including phenoxy) is 3. The summed E-state index contributed by atoms with van der Waals surface area (Å²) >= 11 is 0. The summed E-state index contributed by atoms with van der Waals surface area (Å²) < 4.78 is 17.3. The molecule has 0 bridgehead atoms. The van der Waals surface area contributed by atoms with E-state index in [1.165, 1.54) is 26.8 Å². The van der Waals surface area contributed by atoms with Crippen molar-refractivity contribution in [2.24, 2.45) is 5.92 Å². The Morgan fingerprint density at radius 1 is 1.15 bits per heavy atom. The standard InChI is InChI=1S/C30H33NO8/c1-14(2)13-38-27-18(9-8-10-20(27)37-7)12-31-16(4)22-19(33)11-21-30(6,29(22)36)24-26(35)15(3)25(34)23(17(5)32)28(24)39-21/h8-11,14,31,34-35H,12-13H2,1-7H3. The number of nitrogens with one attached hydrogen (secondary N) is 1. The predicted molar refractivity (Wildman–Crippen MR) is 143 cm³/mol. The van der Waals surface area contributed by atoms with Gasteiger partial charge in [-0.1, -0.05) is 26.0 Å². The van der Waals surface area contributed by atoms with E-state index in [9.17, 15) is 24.6 Å². The molecule has 0 spiro atoms. The van der Waals surface area contributed by atoms with Gasteiger partial charge in [0, 0.05) is 29.4 Å². The SMILES string of the molecule is COc1cccc(CNC(C)=C2C(=O)C=C3Oc4c(C(C)=O)c(O)c(C)c(O)c4C3(C)C2=O)c1OCC(C)C. The highest BCUT2D eigenvalue weighted by Crippen LogP contribution is 2.57. The first-order valence-corrected chi connectivity index (χ1v) is 12.7. The van der Waals surface area contributed by atoms with Crippen LogP contribution in [0, 0.1) is 12.8 Å². The smallest absolute Gasteiger partial charge is 0.194 e. The Bertz CT molecular complexity index is 1470. The molecule has 1 aliphatic heterocycles. The molecule has 0 fully saturated rings. The maximum absolute atomic E-state index is 14.0. The molecular formula is C30H33NO8. The van der Waals surface area contributed by atoms with Gasteiger partial charge in [-0.25, -0.2) is 0 Å². The molecular weight excluding hydrogens is 502 g/mol. The van der Waals surface area contributed by atoms with Crippen LogP contribution in [0.25, 0.3) is 0 Å². The van der Waals surface area contributed by atoms with Crippen LogP contribution in [0.4, 0.5) is 0 Å². The van der Waals surface area contributed by atoms with E-state index in [0.29, 0.717) is 29.7 Å². The van der Waals surface area contributed by atoms with Crippen LogP contribution in [0.1, 0.15) is 61.7 Å². The van der Waals surface area contributed by atoms with Gasteiger partial charge in [0.25, 0.3) is 0 Å². The first kappa shape index (κ1) is 27.8. The van der Waals surface area contributed by atoms with Gasteiger partial charge in [-0.15, -0.1) is 0 Å². The Hall–Kier alpha value is -4.27. The maximum atomic E-state index is 14.0. The molecule has 9 heteroatoms. The van der Waals surface area contributed by atoms with Crippen molar-refractivity contribution in [1.29, 1.82) is 0 Å². The molecule has 1 unspecified atom stereocenters. The third-order valence-corrected chi connectivity index (χ3v) is 7.15. The van der Waals surface area contributed by atoms with Crippen LogP contribution >= 0.6 is 0 Å². The molecule has 1 heterocycles. The summed E-state index contributed by atoms with van der Waals surface area (Å²) in [6.45, 7) is 10.7. The number of carbonyl (C=O) groups excluding carboxylic acids is 3. The molecule has 0 amide bonds. The van der Waals surface area contributed by atoms with Crippen molar-refractivity contribution < 1.29 is 38.8 Å². The molecule has 1 atom stereocenters. The second-order valence-electron chi connectivity index (χ2n) is 10.4. The molecule has 2 aliphatic rings. The van der Waals surface area contributed by atoms with E-state index in [1.54, 1.807) is 20.1 Å². The van der Waals surface area contributed by atoms with Crippen LogP contribution in [0.5, 0.6) is 28.7 Å². The van der Waals surface area contributed by atoms with Gasteiger partial charge in [0.2, 0.25) is 0 Å². The summed E-state index contributed by atoms with van der Waals surface area (Å²) in [6, 6.07) is 5.49. The molecule has 206 valence electrons. The van der Waals surface area contributed by atoms with Crippen LogP contribution < -0.4 is 19.5 Å². The number of carbonyl (C=O) groups is 3. The van der Waals surface area contributed by atoms with Crippen LogP contribution in [-0.2, 0) is 21.5 Å². The molecule has 3 N–H and O–H groups in total. The summed E-state index contributed by atoms with van der Waals surface area (Å²) in [6.07, 6.45) is 1.19. The van der Waals surface area contributed by atoms with Gasteiger partial charge >= 0.3 is 0 Å². The highest BCUT2D eigenvalue weighted by atomic mass is 16.5. The van der Waals surface area contributed by atoms with Crippen molar-refractivity contribution in [2.75, 3.05) is 13.7 Å². The Labute approximate surface area is 227 Å². The second kappa shape index (κ2) is 10.1. The topological polar surface area (TPSA) is 131 Å². The number of methoxy groups -OCH3 is 1. The predicted octanol–water partition coefficient (Wildman–Crippen LogP) is 4.40. The second-order valence-corrected chi connectivity index (χ2v) is 10.4. The monoisotopic (exact) mass is 535 g/mol. The average molecular weight is 536 g/mol. The van der Waals surface area contributed by atoms with Crippen LogP contribution in [0.15, 0.2) is 41.3 Å². The summed E-state index contributed by atoms with van der Waals surface area (Å²) in [5.74, 6) is -1.15. The lowest BCUT2D eigenvalue weighted by Gasteiger charge is -2.29. The van der Waals surface area contributed by atoms with Crippen molar-refractivity contribution in [2.45, 2.75) is 53.5 Å². The van der Waals surface area contributed by atoms with Gasteiger partial charge in [0.1, 0.15) is 34.0 Å². The van der Waals surface area contributed by atoms with Crippen molar-refractivity contribution in [3.63, 3.8) is 0 Å². The zero-order valence-electron chi connectivity index (χ0n) is 23.1. The zero-order valence-corrected chi connectivity index (χ0v) is 23.1. The molecule has 0 saturated heterocycles. The number of Topliss-reactive ketones (excluding diaryl/α,β-unsaturated/α-hetero) is 2. The number of benzene rings is 2. The van der Waals surface area contributed by atoms with E-state index >= 15 is 0 Å². The Balaban J connectivity index is 1.75.